The van der Waals surface area contributed by atoms with Crippen LogP contribution in [0.15, 0.2) is 72.8 Å². The van der Waals surface area contributed by atoms with E-state index in [-0.39, 0.29) is 11.7 Å². The Bertz CT molecular complexity index is 1090. The lowest BCUT2D eigenvalue weighted by molar-refractivity contribution is 0.0945. The highest BCUT2D eigenvalue weighted by atomic mass is 16.1. The fourth-order valence-corrected chi connectivity index (χ4v) is 3.21. The van der Waals surface area contributed by atoms with Crippen LogP contribution in [-0.2, 0) is 0 Å². The van der Waals surface area contributed by atoms with Crippen LogP contribution in [0.25, 0.3) is 21.8 Å². The van der Waals surface area contributed by atoms with Gasteiger partial charge in [0.2, 0.25) is 5.91 Å². The van der Waals surface area contributed by atoms with Gasteiger partial charge < -0.3 is 0 Å². The normalized spacial score (nSPS) is 11.0. The molecule has 0 N–H and O–H groups in total. The van der Waals surface area contributed by atoms with Crippen LogP contribution in [0.4, 0.5) is 0 Å². The van der Waals surface area contributed by atoms with Crippen LogP contribution in [0.2, 0.25) is 0 Å². The van der Waals surface area contributed by atoms with E-state index in [9.17, 15) is 9.59 Å². The Morgan fingerprint density at radius 1 is 0.708 bits per heavy atom. The minimum absolute atomic E-state index is 0.0436. The Morgan fingerprint density at radius 2 is 1.38 bits per heavy atom. The lowest BCUT2D eigenvalue weighted by Gasteiger charge is -2.04. The highest BCUT2D eigenvalue weighted by molar-refractivity contribution is 6.16. The molecule has 0 fully saturated rings. The number of hydrogen-bond acceptors (Lipinski definition) is 2. The van der Waals surface area contributed by atoms with Crippen LogP contribution >= 0.6 is 0 Å². The molecule has 0 saturated carbocycles. The van der Waals surface area contributed by atoms with E-state index in [2.05, 4.69) is 0 Å². The van der Waals surface area contributed by atoms with E-state index >= 15 is 0 Å². The van der Waals surface area contributed by atoms with Gasteiger partial charge >= 0.3 is 0 Å². The van der Waals surface area contributed by atoms with Crippen molar-refractivity contribution in [3.05, 3.63) is 83.9 Å². The van der Waals surface area contributed by atoms with Crippen molar-refractivity contribution in [1.82, 2.24) is 4.57 Å². The zero-order valence-corrected chi connectivity index (χ0v) is 13.2. The molecule has 1 aromatic heterocycles. The van der Waals surface area contributed by atoms with Crippen molar-refractivity contribution >= 4 is 33.5 Å². The molecule has 116 valence electrons. The number of nitrogens with zero attached hydrogens (tertiary/aromatic N) is 1. The largest absolute Gasteiger partial charge is 0.289 e. The van der Waals surface area contributed by atoms with E-state index in [1.54, 1.807) is 16.7 Å². The van der Waals surface area contributed by atoms with Gasteiger partial charge in [-0.15, -0.1) is 0 Å². The van der Waals surface area contributed by atoms with Crippen molar-refractivity contribution in [2.75, 3.05) is 0 Å². The number of carbonyl (C=O) groups is 2. The minimum Gasteiger partial charge on any atom is -0.289 e. The first-order valence-corrected chi connectivity index (χ1v) is 7.81. The smallest absolute Gasteiger partial charge is 0.228 e. The summed E-state index contributed by atoms with van der Waals surface area (Å²) in [7, 11) is 0. The van der Waals surface area contributed by atoms with E-state index in [4.69, 9.17) is 0 Å². The van der Waals surface area contributed by atoms with Crippen molar-refractivity contribution in [2.24, 2.45) is 0 Å². The second-order valence-corrected chi connectivity index (χ2v) is 5.80. The van der Waals surface area contributed by atoms with E-state index < -0.39 is 0 Å². The molecule has 0 bridgehead atoms. The standard InChI is InChI=1S/C21H15NO2/c1-14(23)22-19-10-6-5-9-17(19)18-12-11-16(13-20(18)22)21(24)15-7-3-2-4-8-15/h2-13H,1H3. The average Bonchev–Trinajstić information content (AvgIpc) is 2.95. The lowest BCUT2D eigenvalue weighted by Crippen LogP contribution is -2.06. The van der Waals surface area contributed by atoms with Gasteiger partial charge in [-0.05, 0) is 12.1 Å². The molecule has 4 rings (SSSR count). The first kappa shape index (κ1) is 14.4. The van der Waals surface area contributed by atoms with E-state index in [0.717, 1.165) is 21.8 Å². The molecule has 0 radical (unpaired) electrons. The van der Waals surface area contributed by atoms with Crippen molar-refractivity contribution in [1.29, 1.82) is 0 Å². The Hall–Kier alpha value is -3.20. The Balaban J connectivity index is 1.98. The zero-order valence-electron chi connectivity index (χ0n) is 13.2. The Labute approximate surface area is 139 Å². The molecular weight excluding hydrogens is 298 g/mol. The molecule has 0 amide bonds. The Morgan fingerprint density at radius 3 is 2.12 bits per heavy atom. The fourth-order valence-electron chi connectivity index (χ4n) is 3.21. The topological polar surface area (TPSA) is 39.1 Å². The number of benzene rings is 3. The third-order valence-electron chi connectivity index (χ3n) is 4.29. The number of rotatable bonds is 2. The van der Waals surface area contributed by atoms with Crippen molar-refractivity contribution in [3.8, 4) is 0 Å². The molecule has 3 heteroatoms. The molecular formula is C21H15NO2. The number of ketones is 1. The lowest BCUT2D eigenvalue weighted by atomic mass is 10.0. The fraction of sp³-hybridized carbons (Fsp3) is 0.0476. The third-order valence-corrected chi connectivity index (χ3v) is 4.29. The molecule has 4 aromatic rings. The maximum atomic E-state index is 12.7. The summed E-state index contributed by atoms with van der Waals surface area (Å²) in [6.45, 7) is 1.54. The molecule has 0 saturated heterocycles. The predicted molar refractivity (Wildman–Crippen MR) is 95.6 cm³/mol. The molecule has 3 nitrogen and oxygen atoms in total. The van der Waals surface area contributed by atoms with Crippen LogP contribution in [0.5, 0.6) is 0 Å². The average molecular weight is 313 g/mol. The summed E-state index contributed by atoms with van der Waals surface area (Å²) < 4.78 is 1.67. The molecule has 0 aliphatic rings. The van der Waals surface area contributed by atoms with Gasteiger partial charge in [0, 0.05) is 28.8 Å². The molecule has 1 heterocycles. The molecule has 0 atom stereocenters. The summed E-state index contributed by atoms with van der Waals surface area (Å²) >= 11 is 0. The summed E-state index contributed by atoms with van der Waals surface area (Å²) in [5.41, 5.74) is 2.86. The summed E-state index contributed by atoms with van der Waals surface area (Å²) in [6.07, 6.45) is 0. The van der Waals surface area contributed by atoms with Gasteiger partial charge in [-0.1, -0.05) is 60.7 Å². The highest BCUT2D eigenvalue weighted by Crippen LogP contribution is 2.30. The number of aromatic nitrogens is 1. The van der Waals surface area contributed by atoms with Crippen molar-refractivity contribution < 1.29 is 9.59 Å². The monoisotopic (exact) mass is 313 g/mol. The zero-order chi connectivity index (χ0) is 16.7. The third kappa shape index (κ3) is 2.14. The van der Waals surface area contributed by atoms with Gasteiger partial charge in [-0.2, -0.15) is 0 Å². The van der Waals surface area contributed by atoms with Gasteiger partial charge in [0.05, 0.1) is 11.0 Å². The molecule has 0 spiro atoms. The predicted octanol–water partition coefficient (Wildman–Crippen LogP) is 4.69. The molecule has 0 aliphatic heterocycles. The van der Waals surface area contributed by atoms with Gasteiger partial charge in [0.15, 0.2) is 5.78 Å². The second-order valence-electron chi connectivity index (χ2n) is 5.80. The molecule has 3 aromatic carbocycles. The van der Waals surface area contributed by atoms with Crippen LogP contribution in [0.3, 0.4) is 0 Å². The van der Waals surface area contributed by atoms with Crippen LogP contribution in [0.1, 0.15) is 27.6 Å². The van der Waals surface area contributed by atoms with Crippen LogP contribution in [-0.4, -0.2) is 16.3 Å². The van der Waals surface area contributed by atoms with Gasteiger partial charge in [-0.25, -0.2) is 0 Å². The second kappa shape index (κ2) is 5.46. The SMILES string of the molecule is CC(=O)n1c2ccccc2c2ccc(C(=O)c3ccccc3)cc21. The summed E-state index contributed by atoms with van der Waals surface area (Å²) in [6, 6.07) is 22.5. The number of fused-ring (bicyclic) bond motifs is 3. The van der Waals surface area contributed by atoms with E-state index in [0.29, 0.717) is 11.1 Å². The van der Waals surface area contributed by atoms with Crippen molar-refractivity contribution in [2.45, 2.75) is 6.92 Å². The van der Waals surface area contributed by atoms with Gasteiger partial charge in [0.1, 0.15) is 0 Å². The molecule has 24 heavy (non-hydrogen) atoms. The van der Waals surface area contributed by atoms with Gasteiger partial charge in [0.25, 0.3) is 0 Å². The first-order chi connectivity index (χ1) is 11.7. The number of para-hydroxylation sites is 1. The minimum atomic E-state index is -0.0643. The highest BCUT2D eigenvalue weighted by Gasteiger charge is 2.16. The van der Waals surface area contributed by atoms with E-state index in [1.807, 2.05) is 60.7 Å². The maximum absolute atomic E-state index is 12.7. The number of hydrogen-bond donors (Lipinski definition) is 0. The van der Waals surface area contributed by atoms with Crippen LogP contribution < -0.4 is 0 Å². The Kier molecular flexibility index (Phi) is 3.28. The summed E-state index contributed by atoms with van der Waals surface area (Å²) in [5, 5.41) is 1.99. The summed E-state index contributed by atoms with van der Waals surface area (Å²) in [4.78, 5) is 24.9. The van der Waals surface area contributed by atoms with Crippen molar-refractivity contribution in [3.63, 3.8) is 0 Å². The summed E-state index contributed by atoms with van der Waals surface area (Å²) in [5.74, 6) is -0.108. The quantitative estimate of drug-likeness (QED) is 0.504. The molecule has 0 aliphatic carbocycles. The number of carbonyl (C=O) groups excluding carboxylic acids is 2. The maximum Gasteiger partial charge on any atom is 0.228 e. The molecule has 0 unspecified atom stereocenters. The first-order valence-electron chi connectivity index (χ1n) is 7.81. The van der Waals surface area contributed by atoms with Gasteiger partial charge in [-0.3, -0.25) is 14.2 Å². The van der Waals surface area contributed by atoms with E-state index in [1.165, 1.54) is 6.92 Å². The van der Waals surface area contributed by atoms with Crippen LogP contribution in [0, 0.1) is 0 Å².